The molecule has 0 amide bonds. The average Bonchev–Trinajstić information content (AvgIpc) is 2.86. The highest BCUT2D eigenvalue weighted by atomic mass is 32.1. The molecular weight excluding hydrogens is 214 g/mol. The fourth-order valence-electron chi connectivity index (χ4n) is 2.14. The lowest BCUT2D eigenvalue weighted by Gasteiger charge is -2.01. The summed E-state index contributed by atoms with van der Waals surface area (Å²) in [7, 11) is 0. The van der Waals surface area contributed by atoms with Crippen molar-refractivity contribution in [3.8, 4) is 10.4 Å². The standard InChI is InChI=1S/C14H13NS/c1-9-8-15-12-5-3-4-11(14(9)12)13-7-6-10(2)16-13/h3-8,15H,1-2H3. The third-order valence-corrected chi connectivity index (χ3v) is 3.94. The van der Waals surface area contributed by atoms with E-state index >= 15 is 0 Å². The van der Waals surface area contributed by atoms with Crippen LogP contribution in [0.15, 0.2) is 36.5 Å². The number of aromatic amines is 1. The Balaban J connectivity index is 2.34. The largest absolute Gasteiger partial charge is 0.361 e. The number of fused-ring (bicyclic) bond motifs is 1. The van der Waals surface area contributed by atoms with Gasteiger partial charge in [-0.25, -0.2) is 0 Å². The molecule has 1 N–H and O–H groups in total. The first kappa shape index (κ1) is 9.67. The molecule has 3 aromatic rings. The van der Waals surface area contributed by atoms with Crippen LogP contribution in [0.4, 0.5) is 0 Å². The Hall–Kier alpha value is -1.54. The molecule has 3 rings (SSSR count). The minimum atomic E-state index is 1.22. The highest BCUT2D eigenvalue weighted by Crippen LogP contribution is 2.34. The molecule has 0 saturated heterocycles. The molecule has 0 saturated carbocycles. The molecule has 1 nitrogen and oxygen atoms in total. The number of thiophene rings is 1. The highest BCUT2D eigenvalue weighted by Gasteiger charge is 2.08. The van der Waals surface area contributed by atoms with E-state index in [1.165, 1.54) is 31.8 Å². The zero-order chi connectivity index (χ0) is 11.1. The van der Waals surface area contributed by atoms with E-state index in [9.17, 15) is 0 Å². The van der Waals surface area contributed by atoms with Gasteiger partial charge in [-0.05, 0) is 37.6 Å². The number of rotatable bonds is 1. The van der Waals surface area contributed by atoms with Crippen LogP contribution in [0.5, 0.6) is 0 Å². The quantitative estimate of drug-likeness (QED) is 0.629. The Morgan fingerprint density at radius 1 is 1.06 bits per heavy atom. The van der Waals surface area contributed by atoms with E-state index in [2.05, 4.69) is 55.4 Å². The van der Waals surface area contributed by atoms with Crippen LogP contribution in [0.1, 0.15) is 10.4 Å². The third kappa shape index (κ3) is 1.38. The molecule has 0 atom stereocenters. The summed E-state index contributed by atoms with van der Waals surface area (Å²) in [5.41, 5.74) is 3.88. The Kier molecular flexibility index (Phi) is 2.11. The minimum Gasteiger partial charge on any atom is -0.361 e. The van der Waals surface area contributed by atoms with Gasteiger partial charge in [0.2, 0.25) is 0 Å². The highest BCUT2D eigenvalue weighted by molar-refractivity contribution is 7.15. The smallest absolute Gasteiger partial charge is 0.0463 e. The monoisotopic (exact) mass is 227 g/mol. The van der Waals surface area contributed by atoms with Gasteiger partial charge in [0.1, 0.15) is 0 Å². The van der Waals surface area contributed by atoms with Gasteiger partial charge in [-0.2, -0.15) is 0 Å². The van der Waals surface area contributed by atoms with E-state index in [4.69, 9.17) is 0 Å². The summed E-state index contributed by atoms with van der Waals surface area (Å²) in [6.07, 6.45) is 2.08. The normalized spacial score (nSPS) is 11.1. The predicted octanol–water partition coefficient (Wildman–Crippen LogP) is 4.51. The van der Waals surface area contributed by atoms with Crippen molar-refractivity contribution < 1.29 is 0 Å². The summed E-state index contributed by atoms with van der Waals surface area (Å²) in [5.74, 6) is 0. The third-order valence-electron chi connectivity index (χ3n) is 2.91. The van der Waals surface area contributed by atoms with Crippen LogP contribution in [-0.4, -0.2) is 4.98 Å². The number of nitrogens with one attached hydrogen (secondary N) is 1. The first-order chi connectivity index (χ1) is 7.75. The van der Waals surface area contributed by atoms with Gasteiger partial charge in [-0.15, -0.1) is 11.3 Å². The number of hydrogen-bond acceptors (Lipinski definition) is 1. The van der Waals surface area contributed by atoms with Crippen molar-refractivity contribution >= 4 is 22.2 Å². The average molecular weight is 227 g/mol. The second kappa shape index (κ2) is 3.49. The molecule has 0 spiro atoms. The first-order valence-electron chi connectivity index (χ1n) is 5.39. The SMILES string of the molecule is Cc1ccc(-c2cccc3[nH]cc(C)c23)s1. The molecule has 0 bridgehead atoms. The number of aryl methyl sites for hydroxylation is 2. The maximum Gasteiger partial charge on any atom is 0.0463 e. The van der Waals surface area contributed by atoms with Crippen molar-refractivity contribution in [2.75, 3.05) is 0 Å². The van der Waals surface area contributed by atoms with E-state index in [0.717, 1.165) is 0 Å². The number of hydrogen-bond donors (Lipinski definition) is 1. The zero-order valence-electron chi connectivity index (χ0n) is 9.37. The van der Waals surface area contributed by atoms with E-state index in [1.807, 2.05) is 11.3 Å². The van der Waals surface area contributed by atoms with Crippen molar-refractivity contribution in [1.29, 1.82) is 0 Å². The topological polar surface area (TPSA) is 15.8 Å². The fraction of sp³-hybridized carbons (Fsp3) is 0.143. The van der Waals surface area contributed by atoms with Crippen LogP contribution < -0.4 is 0 Å². The van der Waals surface area contributed by atoms with Gasteiger partial charge in [-0.3, -0.25) is 0 Å². The van der Waals surface area contributed by atoms with Crippen molar-refractivity contribution in [2.45, 2.75) is 13.8 Å². The first-order valence-corrected chi connectivity index (χ1v) is 6.21. The molecule has 2 aromatic heterocycles. The summed E-state index contributed by atoms with van der Waals surface area (Å²) in [5, 5.41) is 1.35. The molecule has 0 radical (unpaired) electrons. The Morgan fingerprint density at radius 2 is 1.94 bits per heavy atom. The van der Waals surface area contributed by atoms with Crippen molar-refractivity contribution in [3.63, 3.8) is 0 Å². The zero-order valence-corrected chi connectivity index (χ0v) is 10.2. The summed E-state index contributed by atoms with van der Waals surface area (Å²) in [6.45, 7) is 4.31. The molecule has 1 aromatic carbocycles. The van der Waals surface area contributed by atoms with Crippen LogP contribution in [0.25, 0.3) is 21.3 Å². The van der Waals surface area contributed by atoms with Gasteiger partial charge < -0.3 is 4.98 Å². The molecule has 16 heavy (non-hydrogen) atoms. The van der Waals surface area contributed by atoms with Crippen LogP contribution in [-0.2, 0) is 0 Å². The maximum atomic E-state index is 3.31. The summed E-state index contributed by atoms with van der Waals surface area (Å²) >= 11 is 1.85. The molecule has 0 aliphatic carbocycles. The molecule has 0 unspecified atom stereocenters. The van der Waals surface area contributed by atoms with E-state index in [-0.39, 0.29) is 0 Å². The van der Waals surface area contributed by atoms with Crippen LogP contribution in [0.3, 0.4) is 0 Å². The number of benzene rings is 1. The second-order valence-electron chi connectivity index (χ2n) is 4.11. The number of H-pyrrole nitrogens is 1. The van der Waals surface area contributed by atoms with E-state index in [0.29, 0.717) is 0 Å². The molecule has 80 valence electrons. The Morgan fingerprint density at radius 3 is 2.69 bits per heavy atom. The van der Waals surface area contributed by atoms with Crippen molar-refractivity contribution in [1.82, 2.24) is 4.98 Å². The van der Waals surface area contributed by atoms with Crippen molar-refractivity contribution in [2.24, 2.45) is 0 Å². The van der Waals surface area contributed by atoms with Gasteiger partial charge in [0.05, 0.1) is 0 Å². The minimum absolute atomic E-state index is 1.22. The van der Waals surface area contributed by atoms with Gasteiger partial charge in [0, 0.05) is 32.4 Å². The molecular formula is C14H13NS. The number of aromatic nitrogens is 1. The second-order valence-corrected chi connectivity index (χ2v) is 5.40. The Bertz CT molecular complexity index is 646. The maximum absolute atomic E-state index is 3.31. The molecule has 2 heteroatoms. The molecule has 0 fully saturated rings. The summed E-state index contributed by atoms with van der Waals surface area (Å²) in [4.78, 5) is 6.02. The van der Waals surface area contributed by atoms with Gasteiger partial charge in [0.15, 0.2) is 0 Å². The molecule has 0 aliphatic heterocycles. The van der Waals surface area contributed by atoms with Gasteiger partial charge in [0.25, 0.3) is 0 Å². The summed E-state index contributed by atoms with van der Waals surface area (Å²) < 4.78 is 0. The van der Waals surface area contributed by atoms with E-state index in [1.54, 1.807) is 0 Å². The van der Waals surface area contributed by atoms with Gasteiger partial charge in [-0.1, -0.05) is 12.1 Å². The predicted molar refractivity (Wildman–Crippen MR) is 71.1 cm³/mol. The molecule has 2 heterocycles. The van der Waals surface area contributed by atoms with Crippen LogP contribution >= 0.6 is 11.3 Å². The summed E-state index contributed by atoms with van der Waals surface area (Å²) in [6, 6.07) is 10.8. The fourth-order valence-corrected chi connectivity index (χ4v) is 3.04. The lowest BCUT2D eigenvalue weighted by atomic mass is 10.1. The van der Waals surface area contributed by atoms with Crippen molar-refractivity contribution in [3.05, 3.63) is 47.0 Å². The lowest BCUT2D eigenvalue weighted by Crippen LogP contribution is -1.76. The Labute approximate surface area is 98.7 Å². The van der Waals surface area contributed by atoms with Crippen LogP contribution in [0.2, 0.25) is 0 Å². The van der Waals surface area contributed by atoms with Crippen LogP contribution in [0, 0.1) is 13.8 Å². The molecule has 0 aliphatic rings. The van der Waals surface area contributed by atoms with E-state index < -0.39 is 0 Å². The van der Waals surface area contributed by atoms with Gasteiger partial charge >= 0.3 is 0 Å². The lowest BCUT2D eigenvalue weighted by molar-refractivity contribution is 1.43.